The lowest BCUT2D eigenvalue weighted by atomic mass is 9.87. The quantitative estimate of drug-likeness (QED) is 0.768. The first-order chi connectivity index (χ1) is 6.83. The van der Waals surface area contributed by atoms with E-state index in [9.17, 15) is 0 Å². The van der Waals surface area contributed by atoms with E-state index in [4.69, 9.17) is 5.73 Å². The summed E-state index contributed by atoms with van der Waals surface area (Å²) in [6.45, 7) is 2.79. The van der Waals surface area contributed by atoms with Crippen LogP contribution in [0.1, 0.15) is 43.4 Å². The predicted octanol–water partition coefficient (Wildman–Crippen LogP) is 1.77. The van der Waals surface area contributed by atoms with Crippen molar-refractivity contribution in [1.82, 2.24) is 9.97 Å². The normalized spacial score (nSPS) is 20.9. The minimum Gasteiger partial charge on any atom is -0.345 e. The molecule has 1 aliphatic carbocycles. The maximum atomic E-state index is 5.56. The molecule has 2 rings (SSSR count). The van der Waals surface area contributed by atoms with Crippen LogP contribution < -0.4 is 5.73 Å². The Hall–Kier alpha value is -0.830. The van der Waals surface area contributed by atoms with Gasteiger partial charge < -0.3 is 10.7 Å². The molecule has 0 spiro atoms. The fraction of sp³-hybridized carbons (Fsp3) is 0.727. The SMILES string of the molecule is CCCC1CCc2nc(CN)[nH]c2C1. The summed E-state index contributed by atoms with van der Waals surface area (Å²) in [5.41, 5.74) is 8.17. The molecule has 1 aliphatic rings. The smallest absolute Gasteiger partial charge is 0.120 e. The first-order valence-electron chi connectivity index (χ1n) is 5.60. The van der Waals surface area contributed by atoms with E-state index >= 15 is 0 Å². The molecule has 0 bridgehead atoms. The van der Waals surface area contributed by atoms with Crippen molar-refractivity contribution in [2.45, 2.75) is 45.6 Å². The summed E-state index contributed by atoms with van der Waals surface area (Å²) in [4.78, 5) is 7.82. The molecule has 0 fully saturated rings. The van der Waals surface area contributed by atoms with Crippen molar-refractivity contribution < 1.29 is 0 Å². The van der Waals surface area contributed by atoms with Crippen molar-refractivity contribution in [2.24, 2.45) is 11.7 Å². The molecule has 0 saturated heterocycles. The van der Waals surface area contributed by atoms with Crippen molar-refractivity contribution in [1.29, 1.82) is 0 Å². The zero-order valence-electron chi connectivity index (χ0n) is 8.84. The Kier molecular flexibility index (Phi) is 2.87. The number of hydrogen-bond acceptors (Lipinski definition) is 2. The van der Waals surface area contributed by atoms with E-state index in [1.807, 2.05) is 0 Å². The molecule has 78 valence electrons. The fourth-order valence-electron chi connectivity index (χ4n) is 2.36. The highest BCUT2D eigenvalue weighted by molar-refractivity contribution is 5.18. The third-order valence-electron chi connectivity index (χ3n) is 3.09. The first-order valence-corrected chi connectivity index (χ1v) is 5.60. The molecular formula is C11H19N3. The summed E-state index contributed by atoms with van der Waals surface area (Å²) in [6, 6.07) is 0. The van der Waals surface area contributed by atoms with Crippen LogP contribution in [0, 0.1) is 5.92 Å². The van der Waals surface area contributed by atoms with Crippen molar-refractivity contribution in [3.63, 3.8) is 0 Å². The molecule has 0 amide bonds. The number of aryl methyl sites for hydroxylation is 1. The monoisotopic (exact) mass is 193 g/mol. The van der Waals surface area contributed by atoms with Crippen molar-refractivity contribution >= 4 is 0 Å². The number of aromatic amines is 1. The Morgan fingerprint density at radius 3 is 3.14 bits per heavy atom. The van der Waals surface area contributed by atoms with Gasteiger partial charge in [0.25, 0.3) is 0 Å². The highest BCUT2D eigenvalue weighted by atomic mass is 15.0. The van der Waals surface area contributed by atoms with Gasteiger partial charge in [-0.25, -0.2) is 4.98 Å². The van der Waals surface area contributed by atoms with Gasteiger partial charge in [0.2, 0.25) is 0 Å². The molecule has 3 nitrogen and oxygen atoms in total. The van der Waals surface area contributed by atoms with E-state index in [2.05, 4.69) is 16.9 Å². The predicted molar refractivity (Wildman–Crippen MR) is 56.9 cm³/mol. The highest BCUT2D eigenvalue weighted by Crippen LogP contribution is 2.26. The summed E-state index contributed by atoms with van der Waals surface area (Å²) < 4.78 is 0. The summed E-state index contributed by atoms with van der Waals surface area (Å²) in [5, 5.41) is 0. The van der Waals surface area contributed by atoms with Crippen molar-refractivity contribution in [3.05, 3.63) is 17.2 Å². The molecule has 1 aromatic heterocycles. The maximum Gasteiger partial charge on any atom is 0.120 e. The molecule has 14 heavy (non-hydrogen) atoms. The molecule has 0 aromatic carbocycles. The molecule has 0 aliphatic heterocycles. The Labute approximate surface area is 85.1 Å². The van der Waals surface area contributed by atoms with E-state index in [1.165, 1.54) is 37.1 Å². The van der Waals surface area contributed by atoms with Gasteiger partial charge in [0.1, 0.15) is 5.82 Å². The van der Waals surface area contributed by atoms with Gasteiger partial charge >= 0.3 is 0 Å². The Balaban J connectivity index is 2.09. The van der Waals surface area contributed by atoms with Crippen LogP contribution in [0.2, 0.25) is 0 Å². The number of H-pyrrole nitrogens is 1. The van der Waals surface area contributed by atoms with Crippen molar-refractivity contribution in [3.8, 4) is 0 Å². The number of imidazole rings is 1. The lowest BCUT2D eigenvalue weighted by Gasteiger charge is -2.20. The number of nitrogens with two attached hydrogens (primary N) is 1. The minimum atomic E-state index is 0.533. The zero-order valence-corrected chi connectivity index (χ0v) is 8.84. The zero-order chi connectivity index (χ0) is 9.97. The average Bonchev–Trinajstić information content (AvgIpc) is 2.60. The molecule has 0 radical (unpaired) electrons. The van der Waals surface area contributed by atoms with Gasteiger partial charge in [-0.1, -0.05) is 19.8 Å². The van der Waals surface area contributed by atoms with Crippen LogP contribution in [-0.4, -0.2) is 9.97 Å². The van der Waals surface area contributed by atoms with Gasteiger partial charge in [-0.2, -0.15) is 0 Å². The number of aromatic nitrogens is 2. The van der Waals surface area contributed by atoms with Crippen LogP contribution in [0.25, 0.3) is 0 Å². The molecule has 1 heterocycles. The van der Waals surface area contributed by atoms with Crippen LogP contribution in [0.3, 0.4) is 0 Å². The largest absolute Gasteiger partial charge is 0.345 e. The van der Waals surface area contributed by atoms with Crippen LogP contribution in [0.4, 0.5) is 0 Å². The minimum absolute atomic E-state index is 0.533. The van der Waals surface area contributed by atoms with E-state index in [0.29, 0.717) is 6.54 Å². The third-order valence-corrected chi connectivity index (χ3v) is 3.09. The lowest BCUT2D eigenvalue weighted by Crippen LogP contribution is -2.13. The van der Waals surface area contributed by atoms with E-state index in [1.54, 1.807) is 0 Å². The summed E-state index contributed by atoms with van der Waals surface area (Å²) in [6.07, 6.45) is 6.25. The number of fused-ring (bicyclic) bond motifs is 1. The average molecular weight is 193 g/mol. The number of rotatable bonds is 3. The number of nitrogens with one attached hydrogen (secondary N) is 1. The van der Waals surface area contributed by atoms with Gasteiger partial charge in [-0.05, 0) is 25.2 Å². The van der Waals surface area contributed by atoms with Gasteiger partial charge in [-0.15, -0.1) is 0 Å². The molecule has 0 saturated carbocycles. The fourth-order valence-corrected chi connectivity index (χ4v) is 2.36. The van der Waals surface area contributed by atoms with Gasteiger partial charge in [0, 0.05) is 5.69 Å². The van der Waals surface area contributed by atoms with Crippen LogP contribution in [0.15, 0.2) is 0 Å². The highest BCUT2D eigenvalue weighted by Gasteiger charge is 2.20. The van der Waals surface area contributed by atoms with Crippen LogP contribution in [-0.2, 0) is 19.4 Å². The van der Waals surface area contributed by atoms with Gasteiger partial charge in [0.15, 0.2) is 0 Å². The van der Waals surface area contributed by atoms with E-state index in [0.717, 1.165) is 18.2 Å². The molecule has 1 aromatic rings. The van der Waals surface area contributed by atoms with Gasteiger partial charge in [-0.3, -0.25) is 0 Å². The van der Waals surface area contributed by atoms with Crippen LogP contribution >= 0.6 is 0 Å². The number of hydrogen-bond donors (Lipinski definition) is 2. The standard InChI is InChI=1S/C11H19N3/c1-2-3-8-4-5-9-10(6-8)14-11(7-12)13-9/h8H,2-7,12H2,1H3,(H,13,14). The maximum absolute atomic E-state index is 5.56. The second-order valence-corrected chi connectivity index (χ2v) is 4.21. The molecule has 3 heteroatoms. The summed E-state index contributed by atoms with van der Waals surface area (Å²) in [5.74, 6) is 1.81. The third kappa shape index (κ3) is 1.82. The van der Waals surface area contributed by atoms with Gasteiger partial charge in [0.05, 0.1) is 12.2 Å². The first kappa shape index (κ1) is 9.71. The lowest BCUT2D eigenvalue weighted by molar-refractivity contribution is 0.416. The Bertz CT molecular complexity index is 303. The van der Waals surface area contributed by atoms with E-state index in [-0.39, 0.29) is 0 Å². The van der Waals surface area contributed by atoms with Crippen molar-refractivity contribution in [2.75, 3.05) is 0 Å². The Morgan fingerprint density at radius 1 is 1.57 bits per heavy atom. The molecule has 1 unspecified atom stereocenters. The summed E-state index contributed by atoms with van der Waals surface area (Å²) >= 11 is 0. The second kappa shape index (κ2) is 4.13. The van der Waals surface area contributed by atoms with Crippen LogP contribution in [0.5, 0.6) is 0 Å². The topological polar surface area (TPSA) is 54.7 Å². The Morgan fingerprint density at radius 2 is 2.43 bits per heavy atom. The second-order valence-electron chi connectivity index (χ2n) is 4.21. The number of nitrogens with zero attached hydrogens (tertiary/aromatic N) is 1. The molecule has 1 atom stereocenters. The van der Waals surface area contributed by atoms with E-state index < -0.39 is 0 Å². The summed E-state index contributed by atoms with van der Waals surface area (Å²) in [7, 11) is 0. The molecular weight excluding hydrogens is 174 g/mol. The molecule has 3 N–H and O–H groups in total.